The first-order valence-corrected chi connectivity index (χ1v) is 28.0. The maximum atomic E-state index is 13.2. The van der Waals surface area contributed by atoms with Crippen LogP contribution in [0.3, 0.4) is 0 Å². The van der Waals surface area contributed by atoms with E-state index in [1.54, 1.807) is 118 Å². The Balaban J connectivity index is 0.000000310. The number of aliphatic hydroxyl groups excluding tert-OH is 1. The molecule has 2 N–H and O–H groups in total. The van der Waals surface area contributed by atoms with Gasteiger partial charge in [-0.3, -0.25) is 28.3 Å². The number of nitrogens with zero attached hydrogens (tertiary/aromatic N) is 10. The number of carbonyl (C=O) groups is 6. The number of rotatable bonds is 21. The number of hydrogen-bond donors (Lipinski definition) is 2. The quantitative estimate of drug-likeness (QED) is 0.0374. The van der Waals surface area contributed by atoms with Crippen molar-refractivity contribution >= 4 is 60.3 Å². The number of ether oxygens (including phenoxy) is 7. The Hall–Kier alpha value is -8.24. The maximum Gasteiger partial charge on any atom is 0.417 e. The molecular formula is C60H84N10O17. The highest BCUT2D eigenvalue weighted by atomic mass is 16.8. The van der Waals surface area contributed by atoms with E-state index in [-0.39, 0.29) is 71.0 Å². The van der Waals surface area contributed by atoms with Crippen LogP contribution in [0.25, 0.3) is 0 Å². The number of carboxylic acid groups (broad SMARTS) is 1. The number of hydrogen-bond acceptors (Lipinski definition) is 20. The molecule has 0 bridgehead atoms. The molecule has 2 aromatic carbocycles. The zero-order valence-corrected chi connectivity index (χ0v) is 52.1. The van der Waals surface area contributed by atoms with Gasteiger partial charge in [-0.1, -0.05) is 60.7 Å². The van der Waals surface area contributed by atoms with Crippen molar-refractivity contribution in [2.75, 3.05) is 54.6 Å². The molecule has 4 aromatic rings. The molecule has 27 nitrogen and oxygen atoms in total. The van der Waals surface area contributed by atoms with Crippen molar-refractivity contribution in [3.63, 3.8) is 0 Å². The number of aliphatic imine (C=N–C) groups is 2. The summed E-state index contributed by atoms with van der Waals surface area (Å²) in [7, 11) is 7.25. The van der Waals surface area contributed by atoms with Crippen LogP contribution < -0.4 is 11.4 Å². The minimum atomic E-state index is -1.05. The van der Waals surface area contributed by atoms with Gasteiger partial charge in [0.25, 0.3) is 0 Å². The van der Waals surface area contributed by atoms with Gasteiger partial charge in [-0.15, -0.1) is 0 Å². The Kier molecular flexibility index (Phi) is 26.6. The zero-order valence-electron chi connectivity index (χ0n) is 52.1. The second kappa shape index (κ2) is 32.5. The van der Waals surface area contributed by atoms with Gasteiger partial charge in [0.2, 0.25) is 11.8 Å². The molecule has 2 aromatic heterocycles. The number of benzene rings is 2. The molecule has 2 saturated heterocycles. The van der Waals surface area contributed by atoms with Crippen LogP contribution in [-0.2, 0) is 65.4 Å². The molecule has 0 saturated carbocycles. The molecule has 0 spiro atoms. The summed E-state index contributed by atoms with van der Waals surface area (Å²) in [5.74, 6) is -1.88. The second-order valence-corrected chi connectivity index (χ2v) is 23.8. The lowest BCUT2D eigenvalue weighted by molar-refractivity contribution is -0.169. The molecule has 87 heavy (non-hydrogen) atoms. The molecule has 4 heterocycles. The third kappa shape index (κ3) is 24.6. The van der Waals surface area contributed by atoms with Crippen LogP contribution in [-0.4, -0.2) is 176 Å². The fourth-order valence-corrected chi connectivity index (χ4v) is 7.43. The van der Waals surface area contributed by atoms with Gasteiger partial charge < -0.3 is 53.2 Å². The summed E-state index contributed by atoms with van der Waals surface area (Å²) in [5, 5.41) is 18.1. The first-order chi connectivity index (χ1) is 40.7. The van der Waals surface area contributed by atoms with Gasteiger partial charge in [0, 0.05) is 53.4 Å². The highest BCUT2D eigenvalue weighted by molar-refractivity contribution is 5.93. The second-order valence-electron chi connectivity index (χ2n) is 23.8. The highest BCUT2D eigenvalue weighted by Gasteiger charge is 2.37. The van der Waals surface area contributed by atoms with E-state index in [0.717, 1.165) is 20.9 Å². The minimum absolute atomic E-state index is 0.0433. The predicted octanol–water partition coefficient (Wildman–Crippen LogP) is 6.82. The van der Waals surface area contributed by atoms with Crippen LogP contribution in [0.2, 0.25) is 0 Å². The monoisotopic (exact) mass is 1220 g/mol. The van der Waals surface area contributed by atoms with Crippen molar-refractivity contribution in [3.05, 3.63) is 117 Å². The minimum Gasteiger partial charge on any atom is -0.481 e. The van der Waals surface area contributed by atoms with Gasteiger partial charge in [0.1, 0.15) is 17.8 Å². The molecule has 476 valence electrons. The fraction of sp³-hybridized carbons (Fsp3) is 0.533. The first-order valence-electron chi connectivity index (χ1n) is 28.0. The standard InChI is InChI=1S/C30H41N5O8.C19H27NO5.C11H16N4O4/c1-29(2,3)43-28(39)35(17-21-11-9-8-10-12-21)23(36)13-15-30(4,5)26(37)41-19-25-40-18-24(42-25)34-16-14-22(32-27(34)38)31-20-33(6)7;1-18(2,3)25-17(24)20(13-14-9-7-6-8-10-14)15(21)11-12-19(4,5)16(22)23;1-14(2)7-12-8-3-4-15(11(17)13-8)9-6-18-10(5-16)19-9/h8-12,14,16,20,24-25H,13,15,17-19H2,1-7H3;6-10H,11-13H2,1-5H3,(H,22,23);3-4,7,9-10,16H,5-6H2,1-2H3/t24-,25-;;9-,10-/m0.0/s1. The molecule has 4 amide bonds. The number of aromatic nitrogens is 4. The largest absolute Gasteiger partial charge is 0.481 e. The molecule has 6 rings (SSSR count). The van der Waals surface area contributed by atoms with E-state index >= 15 is 0 Å². The van der Waals surface area contributed by atoms with E-state index in [0.29, 0.717) is 5.82 Å². The highest BCUT2D eigenvalue weighted by Crippen LogP contribution is 2.28. The van der Waals surface area contributed by atoms with E-state index < -0.39 is 94.4 Å². The van der Waals surface area contributed by atoms with Crippen molar-refractivity contribution < 1.29 is 72.1 Å². The third-order valence-corrected chi connectivity index (χ3v) is 12.3. The number of imide groups is 2. The third-order valence-electron chi connectivity index (χ3n) is 12.3. The van der Waals surface area contributed by atoms with Crippen LogP contribution in [0.1, 0.15) is 119 Å². The van der Waals surface area contributed by atoms with Crippen molar-refractivity contribution in [3.8, 4) is 0 Å². The summed E-state index contributed by atoms with van der Waals surface area (Å²) in [4.78, 5) is 121. The topological polar surface area (TPSA) is 315 Å². The van der Waals surface area contributed by atoms with Crippen molar-refractivity contribution in [2.24, 2.45) is 20.8 Å². The summed E-state index contributed by atoms with van der Waals surface area (Å²) in [6.45, 7) is 16.7. The van der Waals surface area contributed by atoms with E-state index in [1.807, 2.05) is 74.8 Å². The normalized spacial score (nSPS) is 16.9. The molecule has 0 unspecified atom stereocenters. The van der Waals surface area contributed by atoms with Gasteiger partial charge in [0.05, 0.1) is 56.4 Å². The number of aliphatic carboxylic acids is 1. The Labute approximate surface area is 506 Å². The van der Waals surface area contributed by atoms with Crippen LogP contribution in [0.15, 0.2) is 105 Å². The van der Waals surface area contributed by atoms with Gasteiger partial charge in [-0.2, -0.15) is 9.97 Å². The van der Waals surface area contributed by atoms with Gasteiger partial charge >= 0.3 is 35.5 Å². The zero-order chi connectivity index (χ0) is 64.9. The number of carbonyl (C=O) groups excluding carboxylic acids is 5. The van der Waals surface area contributed by atoms with E-state index in [4.69, 9.17) is 38.3 Å². The SMILES string of the molecule is CC(C)(C)OC(=O)N(Cc1ccccc1)C(=O)CCC(C)(C)C(=O)O.CN(C)C=Nc1ccn([C@@H]2CO[C@H](CO)O2)c(=O)n1.CN(C)C=Nc1ccn([C@@H]2CO[C@H](COC(=O)C(C)(C)CCC(=O)N(Cc3ccccc3)C(=O)OC(C)(C)C)O2)c(=O)n1. The summed E-state index contributed by atoms with van der Waals surface area (Å²) in [6.07, 6.45) is 1.90. The van der Waals surface area contributed by atoms with E-state index in [1.165, 1.54) is 21.7 Å². The van der Waals surface area contributed by atoms with Gasteiger partial charge in [-0.25, -0.2) is 39.0 Å². The molecule has 27 heteroatoms. The van der Waals surface area contributed by atoms with Crippen molar-refractivity contribution in [1.29, 1.82) is 0 Å². The fourth-order valence-electron chi connectivity index (χ4n) is 7.43. The molecule has 0 aliphatic carbocycles. The Morgan fingerprint density at radius 3 is 1.36 bits per heavy atom. The predicted molar refractivity (Wildman–Crippen MR) is 319 cm³/mol. The van der Waals surface area contributed by atoms with Crippen LogP contribution in [0.5, 0.6) is 0 Å². The van der Waals surface area contributed by atoms with E-state index in [9.17, 15) is 43.5 Å². The lowest BCUT2D eigenvalue weighted by Crippen LogP contribution is -2.41. The van der Waals surface area contributed by atoms with Crippen molar-refractivity contribution in [2.45, 2.75) is 144 Å². The maximum absolute atomic E-state index is 13.2. The van der Waals surface area contributed by atoms with Gasteiger partial charge in [-0.05, 0) is 105 Å². The molecule has 2 fully saturated rings. The average molecular weight is 1220 g/mol. The molecule has 4 atom stereocenters. The Morgan fingerprint density at radius 1 is 0.609 bits per heavy atom. The molecule has 2 aliphatic heterocycles. The first kappa shape index (κ1) is 71.2. The molecule has 2 aliphatic rings. The number of amides is 4. The lowest BCUT2D eigenvalue weighted by atomic mass is 9.87. The summed E-state index contributed by atoms with van der Waals surface area (Å²) < 4.78 is 40.6. The Bertz CT molecular complexity index is 3100. The Morgan fingerprint density at radius 2 is 1.00 bits per heavy atom. The smallest absolute Gasteiger partial charge is 0.417 e. The number of esters is 1. The number of carboxylic acids is 1. The lowest BCUT2D eigenvalue weighted by Gasteiger charge is -2.28. The summed E-state index contributed by atoms with van der Waals surface area (Å²) >= 11 is 0. The summed E-state index contributed by atoms with van der Waals surface area (Å²) in [6, 6.07) is 21.4. The van der Waals surface area contributed by atoms with Gasteiger partial charge in [0.15, 0.2) is 36.7 Å². The van der Waals surface area contributed by atoms with Crippen molar-refractivity contribution in [1.82, 2.24) is 38.7 Å². The van der Waals surface area contributed by atoms with Crippen LogP contribution in [0, 0.1) is 10.8 Å². The number of aliphatic hydroxyl groups is 1. The molecular weight excluding hydrogens is 1130 g/mol. The van der Waals surface area contributed by atoms with Crippen LogP contribution in [0.4, 0.5) is 21.2 Å². The summed E-state index contributed by atoms with van der Waals surface area (Å²) in [5.41, 5.74) is -3.08. The average Bonchev–Trinajstić information content (AvgIpc) is 2.98. The molecule has 0 radical (unpaired) electrons. The van der Waals surface area contributed by atoms with E-state index in [2.05, 4.69) is 20.0 Å². The van der Waals surface area contributed by atoms with Crippen LogP contribution >= 0.6 is 0 Å².